The van der Waals surface area contributed by atoms with Crippen LogP contribution in [0, 0.1) is 5.92 Å². The quantitative estimate of drug-likeness (QED) is 0.518. The highest BCUT2D eigenvalue weighted by Crippen LogP contribution is 2.28. The Morgan fingerprint density at radius 2 is 1.90 bits per heavy atom. The second-order valence-corrected chi connectivity index (χ2v) is 8.97. The van der Waals surface area contributed by atoms with Crippen molar-refractivity contribution in [2.45, 2.75) is 12.8 Å². The van der Waals surface area contributed by atoms with Gasteiger partial charge in [-0.25, -0.2) is 4.98 Å². The van der Waals surface area contributed by atoms with Gasteiger partial charge in [-0.2, -0.15) is 0 Å². The molecule has 3 aromatic heterocycles. The number of hydrogen-bond acceptors (Lipinski definition) is 7. The molecule has 1 aliphatic rings. The van der Waals surface area contributed by atoms with Crippen LogP contribution in [-0.4, -0.2) is 34.2 Å². The summed E-state index contributed by atoms with van der Waals surface area (Å²) in [4.78, 5) is 20.5. The molecule has 1 aliphatic heterocycles. The molecule has 0 atom stereocenters. The van der Waals surface area contributed by atoms with E-state index in [4.69, 9.17) is 0 Å². The van der Waals surface area contributed by atoms with Crippen molar-refractivity contribution in [2.75, 3.05) is 23.3 Å². The van der Waals surface area contributed by atoms with Crippen molar-refractivity contribution in [3.8, 4) is 10.6 Å². The van der Waals surface area contributed by atoms with E-state index >= 15 is 0 Å². The normalized spacial score (nSPS) is 15.0. The first-order chi connectivity index (χ1) is 14.3. The molecular weight excluding hydrogens is 402 g/mol. The topological polar surface area (TPSA) is 71.0 Å². The van der Waals surface area contributed by atoms with Gasteiger partial charge in [0.05, 0.1) is 15.1 Å². The molecule has 1 aromatic carbocycles. The lowest BCUT2D eigenvalue weighted by atomic mass is 9.96. The van der Waals surface area contributed by atoms with Gasteiger partial charge in [-0.15, -0.1) is 21.5 Å². The highest BCUT2D eigenvalue weighted by molar-refractivity contribution is 7.22. The summed E-state index contributed by atoms with van der Waals surface area (Å²) in [6.45, 7) is 1.59. The van der Waals surface area contributed by atoms with Crippen LogP contribution in [0.2, 0.25) is 0 Å². The lowest BCUT2D eigenvalue weighted by Crippen LogP contribution is -2.38. The SMILES string of the molecule is O=C(Nc1nc2ccccc2s1)C1CCN(c2ccc(-c3cccs3)nn2)CC1. The van der Waals surface area contributed by atoms with Crippen molar-refractivity contribution in [1.29, 1.82) is 0 Å². The number of amides is 1. The van der Waals surface area contributed by atoms with E-state index in [0.717, 1.165) is 52.5 Å². The number of aromatic nitrogens is 3. The highest BCUT2D eigenvalue weighted by Gasteiger charge is 2.26. The summed E-state index contributed by atoms with van der Waals surface area (Å²) in [7, 11) is 0. The number of nitrogens with one attached hydrogen (secondary N) is 1. The molecule has 29 heavy (non-hydrogen) atoms. The van der Waals surface area contributed by atoms with E-state index in [1.165, 1.54) is 11.3 Å². The Morgan fingerprint density at radius 1 is 1.03 bits per heavy atom. The van der Waals surface area contributed by atoms with Gasteiger partial charge >= 0.3 is 0 Å². The second kappa shape index (κ2) is 7.88. The number of fused-ring (bicyclic) bond motifs is 1. The third kappa shape index (κ3) is 3.86. The van der Waals surface area contributed by atoms with Crippen LogP contribution in [0.5, 0.6) is 0 Å². The highest BCUT2D eigenvalue weighted by atomic mass is 32.1. The first-order valence-electron chi connectivity index (χ1n) is 9.55. The summed E-state index contributed by atoms with van der Waals surface area (Å²) in [5.74, 6) is 0.926. The smallest absolute Gasteiger partial charge is 0.229 e. The third-order valence-electron chi connectivity index (χ3n) is 5.14. The molecule has 0 aliphatic carbocycles. The molecule has 0 unspecified atom stereocenters. The van der Waals surface area contributed by atoms with Crippen LogP contribution in [0.25, 0.3) is 20.8 Å². The van der Waals surface area contributed by atoms with Gasteiger partial charge in [0.15, 0.2) is 10.9 Å². The molecule has 0 radical (unpaired) electrons. The maximum atomic E-state index is 12.7. The Balaban J connectivity index is 1.19. The standard InChI is InChI=1S/C21H19N5OS2/c27-20(23-21-22-15-4-1-2-5-18(15)29-21)14-9-11-26(12-10-14)19-8-7-16(24-25-19)17-6-3-13-28-17/h1-8,13-14H,9-12H2,(H,22,23,27). The molecule has 4 heterocycles. The van der Waals surface area contributed by atoms with Gasteiger partial charge in [-0.1, -0.05) is 29.5 Å². The minimum atomic E-state index is -0.00314. The molecule has 1 saturated heterocycles. The lowest BCUT2D eigenvalue weighted by molar-refractivity contribution is -0.120. The molecule has 1 fully saturated rings. The van der Waals surface area contributed by atoms with Crippen LogP contribution in [0.15, 0.2) is 53.9 Å². The molecule has 0 saturated carbocycles. The lowest BCUT2D eigenvalue weighted by Gasteiger charge is -2.31. The molecule has 0 spiro atoms. The first kappa shape index (κ1) is 18.2. The first-order valence-corrected chi connectivity index (χ1v) is 11.2. The fraction of sp³-hybridized carbons (Fsp3) is 0.238. The fourth-order valence-electron chi connectivity index (χ4n) is 3.55. The van der Waals surface area contributed by atoms with Crippen LogP contribution in [0.3, 0.4) is 0 Å². The second-order valence-electron chi connectivity index (χ2n) is 6.99. The number of nitrogens with zero attached hydrogens (tertiary/aromatic N) is 4. The molecule has 4 aromatic rings. The van der Waals surface area contributed by atoms with Crippen LogP contribution in [-0.2, 0) is 4.79 Å². The average molecular weight is 422 g/mol. The number of hydrogen-bond donors (Lipinski definition) is 1. The number of thiophene rings is 1. The van der Waals surface area contributed by atoms with Crippen LogP contribution in [0.4, 0.5) is 10.9 Å². The Bertz CT molecular complexity index is 1080. The number of para-hydroxylation sites is 1. The zero-order chi connectivity index (χ0) is 19.6. The summed E-state index contributed by atoms with van der Waals surface area (Å²) in [6.07, 6.45) is 1.59. The number of piperidine rings is 1. The van der Waals surface area contributed by atoms with Crippen LogP contribution >= 0.6 is 22.7 Å². The molecule has 146 valence electrons. The van der Waals surface area contributed by atoms with E-state index in [2.05, 4.69) is 25.4 Å². The number of thiazole rings is 1. The third-order valence-corrected chi connectivity index (χ3v) is 6.98. The van der Waals surface area contributed by atoms with Crippen molar-refractivity contribution < 1.29 is 4.79 Å². The average Bonchev–Trinajstić information content (AvgIpc) is 3.43. The van der Waals surface area contributed by atoms with Gasteiger partial charge in [0.25, 0.3) is 0 Å². The summed E-state index contributed by atoms with van der Waals surface area (Å²) >= 11 is 3.17. The molecular formula is C21H19N5OS2. The van der Waals surface area contributed by atoms with Gasteiger partial charge < -0.3 is 10.2 Å². The maximum absolute atomic E-state index is 12.7. The maximum Gasteiger partial charge on any atom is 0.229 e. The monoisotopic (exact) mass is 421 g/mol. The predicted octanol–water partition coefficient (Wildman–Crippen LogP) is 4.67. The zero-order valence-corrected chi connectivity index (χ0v) is 17.2. The number of carbonyl (C=O) groups excluding carboxylic acids is 1. The van der Waals surface area contributed by atoms with E-state index in [9.17, 15) is 4.79 Å². The zero-order valence-electron chi connectivity index (χ0n) is 15.6. The van der Waals surface area contributed by atoms with Crippen molar-refractivity contribution in [2.24, 2.45) is 5.92 Å². The Morgan fingerprint density at radius 3 is 2.62 bits per heavy atom. The van der Waals surface area contributed by atoms with Crippen LogP contribution in [0.1, 0.15) is 12.8 Å². The number of anilines is 2. The minimum absolute atomic E-state index is 0.00314. The van der Waals surface area contributed by atoms with Gasteiger partial charge in [-0.05, 0) is 48.6 Å². The fourth-order valence-corrected chi connectivity index (χ4v) is 5.11. The Kier molecular flexibility index (Phi) is 4.95. The predicted molar refractivity (Wildman–Crippen MR) is 119 cm³/mol. The Hall–Kier alpha value is -2.84. The van der Waals surface area contributed by atoms with Crippen LogP contribution < -0.4 is 10.2 Å². The van der Waals surface area contributed by atoms with Gasteiger partial charge in [0, 0.05) is 19.0 Å². The molecule has 8 heteroatoms. The minimum Gasteiger partial charge on any atom is -0.355 e. The number of benzene rings is 1. The Labute approximate surface area is 176 Å². The van der Waals surface area contributed by atoms with Crippen molar-refractivity contribution in [3.05, 3.63) is 53.9 Å². The molecule has 1 N–H and O–H groups in total. The van der Waals surface area contributed by atoms with E-state index in [-0.39, 0.29) is 11.8 Å². The number of rotatable bonds is 4. The van der Waals surface area contributed by atoms with E-state index in [1.807, 2.05) is 53.9 Å². The van der Waals surface area contributed by atoms with E-state index in [0.29, 0.717) is 5.13 Å². The molecule has 1 amide bonds. The van der Waals surface area contributed by atoms with E-state index in [1.54, 1.807) is 11.3 Å². The van der Waals surface area contributed by atoms with Crippen molar-refractivity contribution >= 4 is 49.7 Å². The van der Waals surface area contributed by atoms with Crippen molar-refractivity contribution in [1.82, 2.24) is 15.2 Å². The van der Waals surface area contributed by atoms with Gasteiger partial charge in [0.2, 0.25) is 5.91 Å². The van der Waals surface area contributed by atoms with Gasteiger partial charge in [-0.3, -0.25) is 4.79 Å². The largest absolute Gasteiger partial charge is 0.355 e. The summed E-state index contributed by atoms with van der Waals surface area (Å²) in [5, 5.41) is 14.5. The number of carbonyl (C=O) groups is 1. The summed E-state index contributed by atoms with van der Waals surface area (Å²) in [6, 6.07) is 16.0. The molecule has 5 rings (SSSR count). The summed E-state index contributed by atoms with van der Waals surface area (Å²) < 4.78 is 1.09. The molecule has 0 bridgehead atoms. The van der Waals surface area contributed by atoms with E-state index < -0.39 is 0 Å². The van der Waals surface area contributed by atoms with Gasteiger partial charge in [0.1, 0.15) is 5.69 Å². The summed E-state index contributed by atoms with van der Waals surface area (Å²) in [5.41, 5.74) is 1.82. The molecule has 6 nitrogen and oxygen atoms in total. The van der Waals surface area contributed by atoms with Crippen molar-refractivity contribution in [3.63, 3.8) is 0 Å².